The Balaban J connectivity index is 1.26. The first-order valence-corrected chi connectivity index (χ1v) is 13.0. The molecule has 3 aromatic rings. The molecule has 200 valence electrons. The van der Waals surface area contributed by atoms with E-state index in [1.54, 1.807) is 12.3 Å². The summed E-state index contributed by atoms with van der Waals surface area (Å²) >= 11 is 0. The Hall–Kier alpha value is -3.15. The Morgan fingerprint density at radius 2 is 2.05 bits per heavy atom. The van der Waals surface area contributed by atoms with Gasteiger partial charge in [-0.3, -0.25) is 0 Å². The number of hydrogen-bond acceptors (Lipinski definition) is 5. The number of fused-ring (bicyclic) bond motifs is 4. The number of nitrogens with one attached hydrogen (secondary N) is 2. The minimum atomic E-state index is -4.47. The molecule has 0 saturated carbocycles. The van der Waals surface area contributed by atoms with Crippen molar-refractivity contribution in [3.8, 4) is 11.1 Å². The Labute approximate surface area is 217 Å². The number of alkyl halides is 3. The number of H-pyrrole nitrogens is 1. The van der Waals surface area contributed by atoms with E-state index in [1.165, 1.54) is 0 Å². The molecule has 2 bridgehead atoms. The molecule has 0 spiro atoms. The molecule has 38 heavy (non-hydrogen) atoms. The van der Waals surface area contributed by atoms with E-state index >= 15 is 0 Å². The van der Waals surface area contributed by atoms with Crippen molar-refractivity contribution in [2.75, 3.05) is 39.5 Å². The van der Waals surface area contributed by atoms with Gasteiger partial charge in [0.2, 0.25) is 0 Å². The number of nitrogens with zero attached hydrogens (tertiary/aromatic N) is 3. The Morgan fingerprint density at radius 3 is 2.79 bits per heavy atom. The van der Waals surface area contributed by atoms with Crippen molar-refractivity contribution in [3.63, 3.8) is 0 Å². The van der Waals surface area contributed by atoms with Crippen molar-refractivity contribution in [1.82, 2.24) is 25.1 Å². The zero-order valence-corrected chi connectivity index (χ0v) is 20.7. The first kappa shape index (κ1) is 23.9. The molecule has 2 aromatic heterocycles. The van der Waals surface area contributed by atoms with Gasteiger partial charge in [0.1, 0.15) is 5.65 Å². The first-order valence-electron chi connectivity index (χ1n) is 13.0. The van der Waals surface area contributed by atoms with Crippen LogP contribution in [0.1, 0.15) is 34.7 Å². The summed E-state index contributed by atoms with van der Waals surface area (Å²) in [6.45, 7) is 4.14. The van der Waals surface area contributed by atoms with Crippen LogP contribution in [0.4, 0.5) is 18.0 Å². The maximum absolute atomic E-state index is 13.6. The monoisotopic (exact) mass is 527 g/mol. The smallest absolute Gasteiger partial charge is 0.378 e. The lowest BCUT2D eigenvalue weighted by molar-refractivity contribution is -0.136. The normalized spacial score (nSPS) is 25.3. The summed E-state index contributed by atoms with van der Waals surface area (Å²) < 4.78 is 52.1. The van der Waals surface area contributed by atoms with Crippen molar-refractivity contribution in [1.29, 1.82) is 0 Å². The highest BCUT2D eigenvalue weighted by molar-refractivity contribution is 5.85. The van der Waals surface area contributed by atoms with Gasteiger partial charge in [-0.2, -0.15) is 13.2 Å². The van der Waals surface area contributed by atoms with Crippen molar-refractivity contribution in [2.24, 2.45) is 0 Å². The highest BCUT2D eigenvalue weighted by Gasteiger charge is 2.43. The number of amides is 2. The third kappa shape index (κ3) is 4.04. The summed E-state index contributed by atoms with van der Waals surface area (Å²) in [6, 6.07) is 5.75. The number of benzene rings is 1. The maximum Gasteiger partial charge on any atom is 0.418 e. The molecule has 8 nitrogen and oxygen atoms in total. The second-order valence-corrected chi connectivity index (χ2v) is 10.6. The van der Waals surface area contributed by atoms with E-state index in [0.717, 1.165) is 34.9 Å². The van der Waals surface area contributed by atoms with Gasteiger partial charge in [0.25, 0.3) is 0 Å². The van der Waals surface area contributed by atoms with Crippen molar-refractivity contribution < 1.29 is 27.4 Å². The molecule has 3 saturated heterocycles. The fraction of sp³-hybridized carbons (Fsp3) is 0.481. The number of carbonyl (C=O) groups excluding carboxylic acids is 1. The molecular formula is C27H28F3N5O3. The molecule has 3 fully saturated rings. The van der Waals surface area contributed by atoms with Gasteiger partial charge in [0.05, 0.1) is 43.6 Å². The minimum Gasteiger partial charge on any atom is -0.378 e. The van der Waals surface area contributed by atoms with Crippen LogP contribution < -0.4 is 5.32 Å². The molecule has 0 aliphatic carbocycles. The van der Waals surface area contributed by atoms with Crippen molar-refractivity contribution in [3.05, 3.63) is 52.8 Å². The number of pyridine rings is 1. The van der Waals surface area contributed by atoms with Crippen LogP contribution in [0.15, 0.2) is 30.6 Å². The van der Waals surface area contributed by atoms with Gasteiger partial charge in [-0.15, -0.1) is 0 Å². The average molecular weight is 528 g/mol. The molecule has 7 rings (SSSR count). The fourth-order valence-corrected chi connectivity index (χ4v) is 6.32. The summed E-state index contributed by atoms with van der Waals surface area (Å²) in [5.74, 6) is 0. The predicted octanol–water partition coefficient (Wildman–Crippen LogP) is 3.86. The number of aromatic nitrogens is 2. The van der Waals surface area contributed by atoms with Crippen LogP contribution in [0.25, 0.3) is 22.2 Å². The van der Waals surface area contributed by atoms with Gasteiger partial charge in [-0.05, 0) is 47.2 Å². The van der Waals surface area contributed by atoms with Gasteiger partial charge in [0.15, 0.2) is 0 Å². The number of hydrogen-bond donors (Lipinski definition) is 2. The molecular weight excluding hydrogens is 499 g/mol. The molecule has 2 N–H and O–H groups in total. The predicted molar refractivity (Wildman–Crippen MR) is 132 cm³/mol. The third-order valence-corrected chi connectivity index (χ3v) is 8.26. The summed E-state index contributed by atoms with van der Waals surface area (Å²) in [4.78, 5) is 24.2. The van der Waals surface area contributed by atoms with Gasteiger partial charge in [-0.25, -0.2) is 9.78 Å². The summed E-state index contributed by atoms with van der Waals surface area (Å²) in [5, 5.41) is 3.57. The summed E-state index contributed by atoms with van der Waals surface area (Å²) in [5.41, 5.74) is 4.12. The minimum absolute atomic E-state index is 0.0501. The van der Waals surface area contributed by atoms with E-state index in [0.29, 0.717) is 58.0 Å². The number of urea groups is 1. The second-order valence-electron chi connectivity index (χ2n) is 10.6. The lowest BCUT2D eigenvalue weighted by Crippen LogP contribution is -2.50. The number of likely N-dealkylation sites (tertiary alicyclic amines) is 1. The van der Waals surface area contributed by atoms with Crippen molar-refractivity contribution in [2.45, 2.75) is 43.8 Å². The average Bonchev–Trinajstić information content (AvgIpc) is 3.67. The number of ether oxygens (including phenoxy) is 2. The van der Waals surface area contributed by atoms with E-state index in [-0.39, 0.29) is 35.3 Å². The third-order valence-electron chi connectivity index (χ3n) is 8.26. The Morgan fingerprint density at radius 1 is 1.16 bits per heavy atom. The lowest BCUT2D eigenvalue weighted by atomic mass is 9.87. The zero-order valence-electron chi connectivity index (χ0n) is 20.7. The number of aromatic amines is 1. The Bertz CT molecular complexity index is 1400. The van der Waals surface area contributed by atoms with Gasteiger partial charge < -0.3 is 29.6 Å². The van der Waals surface area contributed by atoms with E-state index < -0.39 is 11.7 Å². The highest BCUT2D eigenvalue weighted by atomic mass is 19.4. The van der Waals surface area contributed by atoms with E-state index in [9.17, 15) is 18.0 Å². The number of halogens is 3. The molecule has 6 heterocycles. The molecule has 4 aliphatic heterocycles. The highest BCUT2D eigenvalue weighted by Crippen LogP contribution is 2.38. The fourth-order valence-electron chi connectivity index (χ4n) is 6.32. The van der Waals surface area contributed by atoms with Gasteiger partial charge in [-0.1, -0.05) is 6.07 Å². The topological polar surface area (TPSA) is 82.7 Å². The number of rotatable bonds is 2. The maximum atomic E-state index is 13.6. The van der Waals surface area contributed by atoms with Crippen LogP contribution >= 0.6 is 0 Å². The van der Waals surface area contributed by atoms with Crippen LogP contribution in [0.3, 0.4) is 0 Å². The summed E-state index contributed by atoms with van der Waals surface area (Å²) in [6.07, 6.45) is -0.178. The van der Waals surface area contributed by atoms with Crippen LogP contribution in [0, 0.1) is 0 Å². The first-order chi connectivity index (χ1) is 18.3. The molecule has 3 atom stereocenters. The number of morpholine rings is 2. The molecule has 0 radical (unpaired) electrons. The quantitative estimate of drug-likeness (QED) is 0.529. The largest absolute Gasteiger partial charge is 0.418 e. The van der Waals surface area contributed by atoms with E-state index in [2.05, 4.69) is 15.3 Å². The molecule has 1 aromatic carbocycles. The SMILES string of the molecule is O=C(N1CCc2cc(-c3cnc4[nH]cc(C(F)(F)F)c4c3)cc([C@@H]3COCCN3)c2C1)N1C[C@H]2C[C@@H]1CO2. The zero-order chi connectivity index (χ0) is 26.0. The van der Waals surface area contributed by atoms with Crippen LogP contribution in [0.2, 0.25) is 0 Å². The molecule has 4 aliphatic rings. The number of carbonyl (C=O) groups is 1. The molecule has 11 heteroatoms. The van der Waals surface area contributed by atoms with E-state index in [1.807, 2.05) is 21.9 Å². The Kier molecular flexibility index (Phi) is 5.64. The van der Waals surface area contributed by atoms with E-state index in [4.69, 9.17) is 9.47 Å². The molecule has 0 unspecified atom stereocenters. The standard InChI is InChI=1S/C27H28F3N5O3/c28-27(29,30)23-10-33-25-21(23)7-17(9-32-25)16-5-15-1-3-34(26(36)35-11-19-8-18(35)13-38-19)12-22(15)20(6-16)24-14-37-4-2-31-24/h5-7,9-10,18-19,24,31H,1-4,8,11-14H2,(H,32,33)/t18-,19-,24+/m1/s1. The van der Waals surface area contributed by atoms with Gasteiger partial charge in [0, 0.05) is 49.5 Å². The van der Waals surface area contributed by atoms with Crippen molar-refractivity contribution >= 4 is 17.1 Å². The van der Waals surface area contributed by atoms with Crippen LogP contribution in [-0.2, 0) is 28.6 Å². The van der Waals surface area contributed by atoms with Crippen LogP contribution in [-0.4, -0.2) is 77.4 Å². The second kappa shape index (κ2) is 8.96. The van der Waals surface area contributed by atoms with Gasteiger partial charge >= 0.3 is 12.2 Å². The summed E-state index contributed by atoms with van der Waals surface area (Å²) in [7, 11) is 0. The lowest BCUT2D eigenvalue weighted by Gasteiger charge is -2.37. The molecule has 2 amide bonds. The van der Waals surface area contributed by atoms with Crippen LogP contribution in [0.5, 0.6) is 0 Å².